The van der Waals surface area contributed by atoms with E-state index < -0.39 is 10.0 Å². The van der Waals surface area contributed by atoms with Crippen LogP contribution >= 0.6 is 0 Å². The Balaban J connectivity index is 1.88. The molecule has 0 saturated carbocycles. The molecule has 0 atom stereocenters. The van der Waals surface area contributed by atoms with Crippen molar-refractivity contribution in [3.05, 3.63) is 36.4 Å². The van der Waals surface area contributed by atoms with Crippen LogP contribution < -0.4 is 4.90 Å². The number of hydrogen-bond donors (Lipinski definition) is 0. The van der Waals surface area contributed by atoms with Crippen molar-refractivity contribution in [2.24, 2.45) is 0 Å². The summed E-state index contributed by atoms with van der Waals surface area (Å²) in [6.45, 7) is 1.89. The van der Waals surface area contributed by atoms with Crippen LogP contribution in [0.3, 0.4) is 0 Å². The van der Waals surface area contributed by atoms with Crippen molar-refractivity contribution in [2.45, 2.75) is 4.90 Å². The number of piperazine rings is 1. The lowest BCUT2D eigenvalue weighted by Crippen LogP contribution is -2.49. The third-order valence-corrected chi connectivity index (χ3v) is 6.83. The molecule has 7 nitrogen and oxygen atoms in total. The fourth-order valence-electron chi connectivity index (χ4n) is 3.39. The predicted octanol–water partition coefficient (Wildman–Crippen LogP) is 1.39. The second-order valence-electron chi connectivity index (χ2n) is 6.78. The molecule has 1 saturated heterocycles. The number of benzene rings is 2. The molecule has 1 aliphatic heterocycles. The lowest BCUT2D eigenvalue weighted by Gasteiger charge is -2.33. The molecule has 2 aromatic rings. The number of ether oxygens (including phenoxy) is 1. The molecule has 0 radical (unpaired) electrons. The molecule has 0 aliphatic carbocycles. The fourth-order valence-corrected chi connectivity index (χ4v) is 5.02. The fraction of sp³-hybridized carbons (Fsp3) is 0.421. The molecule has 0 N–H and O–H groups in total. The van der Waals surface area contributed by atoms with Gasteiger partial charge in [-0.1, -0.05) is 24.3 Å². The van der Waals surface area contributed by atoms with Crippen LogP contribution in [0.4, 0.5) is 5.69 Å². The van der Waals surface area contributed by atoms with Gasteiger partial charge >= 0.3 is 5.97 Å². The van der Waals surface area contributed by atoms with Crippen LogP contribution in [0.25, 0.3) is 10.8 Å². The number of sulfonamides is 1. The molecule has 3 rings (SSSR count). The molecule has 27 heavy (non-hydrogen) atoms. The lowest BCUT2D eigenvalue weighted by molar-refractivity contribution is -0.142. The standard InChI is InChI=1S/C19H25N3O4S/c1-20(2)17-8-4-7-16-15(17)6-5-9-18(16)27(24,25)22-12-10-21(11-13-22)14-19(23)26-3/h4-9H,10-14H2,1-3H3. The highest BCUT2D eigenvalue weighted by molar-refractivity contribution is 7.89. The molecule has 2 aromatic carbocycles. The van der Waals surface area contributed by atoms with Crippen molar-refractivity contribution in [1.82, 2.24) is 9.21 Å². The molecule has 1 heterocycles. The molecule has 1 aliphatic rings. The van der Waals surface area contributed by atoms with Crippen LogP contribution in [0.2, 0.25) is 0 Å². The van der Waals surface area contributed by atoms with Crippen molar-refractivity contribution in [3.8, 4) is 0 Å². The van der Waals surface area contributed by atoms with Gasteiger partial charge in [0.2, 0.25) is 10.0 Å². The average molecular weight is 391 g/mol. The molecule has 0 amide bonds. The van der Waals surface area contributed by atoms with E-state index in [0.717, 1.165) is 16.5 Å². The zero-order valence-corrected chi connectivity index (χ0v) is 16.7. The van der Waals surface area contributed by atoms with Crippen LogP contribution in [0.1, 0.15) is 0 Å². The van der Waals surface area contributed by atoms with Crippen LogP contribution in [-0.2, 0) is 19.6 Å². The Labute approximate surface area is 160 Å². The SMILES string of the molecule is COC(=O)CN1CCN(S(=O)(=O)c2cccc3c(N(C)C)cccc23)CC1. The van der Waals surface area contributed by atoms with E-state index in [2.05, 4.69) is 4.74 Å². The van der Waals surface area contributed by atoms with Gasteiger partial charge in [-0.15, -0.1) is 0 Å². The molecular weight excluding hydrogens is 366 g/mol. The highest BCUT2D eigenvalue weighted by Gasteiger charge is 2.30. The van der Waals surface area contributed by atoms with E-state index >= 15 is 0 Å². The number of nitrogens with zero attached hydrogens (tertiary/aromatic N) is 3. The number of hydrogen-bond acceptors (Lipinski definition) is 6. The van der Waals surface area contributed by atoms with Gasteiger partial charge in [0, 0.05) is 56.7 Å². The number of anilines is 1. The van der Waals surface area contributed by atoms with E-state index in [4.69, 9.17) is 0 Å². The quantitative estimate of drug-likeness (QED) is 0.718. The monoisotopic (exact) mass is 391 g/mol. The van der Waals surface area contributed by atoms with Crippen LogP contribution in [0, 0.1) is 0 Å². The zero-order chi connectivity index (χ0) is 19.6. The Morgan fingerprint density at radius 3 is 2.30 bits per heavy atom. The first-order valence-corrected chi connectivity index (χ1v) is 10.3. The maximum absolute atomic E-state index is 13.3. The maximum atomic E-state index is 13.3. The van der Waals surface area contributed by atoms with Crippen LogP contribution in [-0.4, -0.2) is 77.5 Å². The van der Waals surface area contributed by atoms with Gasteiger partial charge in [-0.2, -0.15) is 4.31 Å². The Morgan fingerprint density at radius 1 is 1.04 bits per heavy atom. The number of rotatable bonds is 5. The van der Waals surface area contributed by atoms with Gasteiger partial charge in [0.05, 0.1) is 18.6 Å². The Kier molecular flexibility index (Phi) is 5.69. The van der Waals surface area contributed by atoms with Gasteiger partial charge in [0.25, 0.3) is 0 Å². The van der Waals surface area contributed by atoms with Gasteiger partial charge in [-0.25, -0.2) is 8.42 Å². The van der Waals surface area contributed by atoms with E-state index in [1.807, 2.05) is 48.2 Å². The summed E-state index contributed by atoms with van der Waals surface area (Å²) < 4.78 is 32.7. The summed E-state index contributed by atoms with van der Waals surface area (Å²) in [4.78, 5) is 15.6. The molecule has 8 heteroatoms. The van der Waals surface area contributed by atoms with Crippen molar-refractivity contribution in [2.75, 3.05) is 58.8 Å². The first-order valence-electron chi connectivity index (χ1n) is 8.83. The first kappa shape index (κ1) is 19.6. The third-order valence-electron chi connectivity index (χ3n) is 4.87. The van der Waals surface area contributed by atoms with Gasteiger partial charge in [0.15, 0.2) is 0 Å². The van der Waals surface area contributed by atoms with Crippen molar-refractivity contribution >= 4 is 32.5 Å². The van der Waals surface area contributed by atoms with Crippen molar-refractivity contribution in [1.29, 1.82) is 0 Å². The average Bonchev–Trinajstić information content (AvgIpc) is 2.67. The summed E-state index contributed by atoms with van der Waals surface area (Å²) in [6.07, 6.45) is 0. The summed E-state index contributed by atoms with van der Waals surface area (Å²) in [5, 5.41) is 1.63. The first-order chi connectivity index (χ1) is 12.8. The van der Waals surface area contributed by atoms with E-state index in [1.165, 1.54) is 11.4 Å². The molecule has 0 bridgehead atoms. The number of esters is 1. The predicted molar refractivity (Wildman–Crippen MR) is 105 cm³/mol. The lowest BCUT2D eigenvalue weighted by atomic mass is 10.1. The molecular formula is C19H25N3O4S. The molecule has 0 aromatic heterocycles. The molecule has 146 valence electrons. The van der Waals surface area contributed by atoms with Crippen LogP contribution in [0.5, 0.6) is 0 Å². The Bertz CT molecular complexity index is 935. The highest BCUT2D eigenvalue weighted by Crippen LogP contribution is 2.31. The van der Waals surface area contributed by atoms with Gasteiger partial charge in [0.1, 0.15) is 0 Å². The summed E-state index contributed by atoms with van der Waals surface area (Å²) in [5.74, 6) is -0.309. The molecule has 1 fully saturated rings. The summed E-state index contributed by atoms with van der Waals surface area (Å²) in [6, 6.07) is 11.1. The normalized spacial score (nSPS) is 16.4. The van der Waals surface area contributed by atoms with Crippen molar-refractivity contribution in [3.63, 3.8) is 0 Å². The van der Waals surface area contributed by atoms with Crippen LogP contribution in [0.15, 0.2) is 41.3 Å². The Morgan fingerprint density at radius 2 is 1.67 bits per heavy atom. The van der Waals surface area contributed by atoms with E-state index in [-0.39, 0.29) is 12.5 Å². The second-order valence-corrected chi connectivity index (χ2v) is 8.69. The smallest absolute Gasteiger partial charge is 0.319 e. The number of carbonyl (C=O) groups is 1. The minimum absolute atomic E-state index is 0.185. The molecule has 0 spiro atoms. The summed E-state index contributed by atoms with van der Waals surface area (Å²) in [7, 11) is 1.62. The number of methoxy groups -OCH3 is 1. The Hall–Kier alpha value is -2.16. The van der Waals surface area contributed by atoms with Gasteiger partial charge < -0.3 is 9.64 Å². The topological polar surface area (TPSA) is 70.2 Å². The summed E-state index contributed by atoms with van der Waals surface area (Å²) >= 11 is 0. The van der Waals surface area contributed by atoms with Crippen molar-refractivity contribution < 1.29 is 17.9 Å². The number of carbonyl (C=O) groups excluding carboxylic acids is 1. The number of fused-ring (bicyclic) bond motifs is 1. The van der Waals surface area contributed by atoms with Gasteiger partial charge in [-0.05, 0) is 12.1 Å². The maximum Gasteiger partial charge on any atom is 0.319 e. The second kappa shape index (κ2) is 7.84. The third kappa shape index (κ3) is 3.92. The van der Waals surface area contributed by atoms with E-state index in [9.17, 15) is 13.2 Å². The summed E-state index contributed by atoms with van der Waals surface area (Å²) in [5.41, 5.74) is 0.979. The highest BCUT2D eigenvalue weighted by atomic mass is 32.2. The minimum Gasteiger partial charge on any atom is -0.468 e. The van der Waals surface area contributed by atoms with E-state index in [0.29, 0.717) is 31.1 Å². The zero-order valence-electron chi connectivity index (χ0n) is 15.9. The molecule has 0 unspecified atom stereocenters. The van der Waals surface area contributed by atoms with Gasteiger partial charge in [-0.3, -0.25) is 9.69 Å². The van der Waals surface area contributed by atoms with E-state index in [1.54, 1.807) is 12.1 Å². The largest absolute Gasteiger partial charge is 0.468 e. The minimum atomic E-state index is -3.62.